The number of hydrogen-bond acceptors (Lipinski definition) is 4. The second-order valence-electron chi connectivity index (χ2n) is 5.01. The van der Waals surface area contributed by atoms with Crippen LogP contribution in [0, 0.1) is 0 Å². The molecule has 0 saturated carbocycles. The number of benzene rings is 1. The highest BCUT2D eigenvalue weighted by Gasteiger charge is 2.18. The van der Waals surface area contributed by atoms with Crippen molar-refractivity contribution in [3.63, 3.8) is 0 Å². The first-order chi connectivity index (χ1) is 9.28. The molecule has 4 heteroatoms. The summed E-state index contributed by atoms with van der Waals surface area (Å²) in [5.41, 5.74) is 0. The van der Waals surface area contributed by atoms with Crippen LogP contribution in [-0.2, 0) is 0 Å². The Morgan fingerprint density at radius 1 is 1.11 bits per heavy atom. The maximum atomic E-state index is 10.0. The third-order valence-electron chi connectivity index (χ3n) is 3.57. The molecule has 19 heavy (non-hydrogen) atoms. The molecule has 1 unspecified atom stereocenters. The van der Waals surface area contributed by atoms with E-state index in [1.54, 1.807) is 0 Å². The van der Waals surface area contributed by atoms with Gasteiger partial charge in [0.2, 0.25) is 0 Å². The number of aliphatic hydroxyl groups is 1. The van der Waals surface area contributed by atoms with E-state index in [1.807, 2.05) is 30.3 Å². The molecule has 1 aromatic rings. The van der Waals surface area contributed by atoms with E-state index in [-0.39, 0.29) is 0 Å². The number of ether oxygens (including phenoxy) is 1. The molecule has 4 nitrogen and oxygen atoms in total. The summed E-state index contributed by atoms with van der Waals surface area (Å²) >= 11 is 0. The molecule has 1 fully saturated rings. The normalized spacial score (nSPS) is 19.3. The van der Waals surface area contributed by atoms with Crippen molar-refractivity contribution < 1.29 is 9.84 Å². The van der Waals surface area contributed by atoms with Gasteiger partial charge in [0.15, 0.2) is 0 Å². The third-order valence-corrected chi connectivity index (χ3v) is 3.57. The van der Waals surface area contributed by atoms with E-state index in [0.29, 0.717) is 13.2 Å². The molecule has 0 aromatic heterocycles. The molecule has 0 spiro atoms. The lowest BCUT2D eigenvalue weighted by Crippen LogP contribution is -2.49. The number of para-hydroxylation sites is 1. The Hall–Kier alpha value is -1.10. The molecule has 0 aliphatic carbocycles. The minimum Gasteiger partial charge on any atom is -0.491 e. The first-order valence-corrected chi connectivity index (χ1v) is 7.08. The molecule has 1 aliphatic heterocycles. The van der Waals surface area contributed by atoms with E-state index in [1.165, 1.54) is 0 Å². The Balaban J connectivity index is 1.66. The number of likely N-dealkylation sites (N-methyl/N-ethyl adjacent to an activating group) is 1. The summed E-state index contributed by atoms with van der Waals surface area (Å²) in [6, 6.07) is 9.65. The van der Waals surface area contributed by atoms with Crippen molar-refractivity contribution in [2.45, 2.75) is 13.0 Å². The summed E-state index contributed by atoms with van der Waals surface area (Å²) in [5, 5.41) is 10.0. The fourth-order valence-corrected chi connectivity index (χ4v) is 2.35. The Labute approximate surface area is 115 Å². The van der Waals surface area contributed by atoms with E-state index in [0.717, 1.165) is 38.5 Å². The zero-order valence-electron chi connectivity index (χ0n) is 11.7. The van der Waals surface area contributed by atoms with Gasteiger partial charge in [0.25, 0.3) is 0 Å². The molecule has 0 amide bonds. The second kappa shape index (κ2) is 7.48. The number of β-amino-alcohol motifs (C(OH)–C–C–N with tert-alkyl or cyclic N) is 1. The number of hydrogen-bond donors (Lipinski definition) is 1. The molecule has 0 bridgehead atoms. The third kappa shape index (κ3) is 4.82. The Morgan fingerprint density at radius 2 is 1.74 bits per heavy atom. The van der Waals surface area contributed by atoms with E-state index >= 15 is 0 Å². The predicted octanol–water partition coefficient (Wildman–Crippen LogP) is 1.06. The minimum absolute atomic E-state index is 0.359. The van der Waals surface area contributed by atoms with E-state index in [9.17, 15) is 5.11 Å². The Morgan fingerprint density at radius 3 is 2.37 bits per heavy atom. The topological polar surface area (TPSA) is 35.9 Å². The van der Waals surface area contributed by atoms with Gasteiger partial charge >= 0.3 is 0 Å². The van der Waals surface area contributed by atoms with Gasteiger partial charge in [-0.15, -0.1) is 0 Å². The van der Waals surface area contributed by atoms with Crippen molar-refractivity contribution in [3.8, 4) is 5.75 Å². The quantitative estimate of drug-likeness (QED) is 0.833. The van der Waals surface area contributed by atoms with Crippen LogP contribution in [0.2, 0.25) is 0 Å². The van der Waals surface area contributed by atoms with Gasteiger partial charge < -0.3 is 14.7 Å². The summed E-state index contributed by atoms with van der Waals surface area (Å²) in [4.78, 5) is 4.74. The van der Waals surface area contributed by atoms with Crippen LogP contribution in [0.1, 0.15) is 6.92 Å². The largest absolute Gasteiger partial charge is 0.491 e. The first-order valence-electron chi connectivity index (χ1n) is 7.08. The van der Waals surface area contributed by atoms with Gasteiger partial charge in [-0.05, 0) is 18.7 Å². The van der Waals surface area contributed by atoms with Crippen LogP contribution in [0.5, 0.6) is 5.75 Å². The summed E-state index contributed by atoms with van der Waals surface area (Å²) in [6.45, 7) is 8.64. The minimum atomic E-state index is -0.423. The maximum absolute atomic E-state index is 10.0. The Kier molecular flexibility index (Phi) is 5.63. The zero-order chi connectivity index (χ0) is 13.5. The predicted molar refractivity (Wildman–Crippen MR) is 76.5 cm³/mol. The lowest BCUT2D eigenvalue weighted by atomic mass is 10.2. The first kappa shape index (κ1) is 14.3. The van der Waals surface area contributed by atoms with Crippen molar-refractivity contribution in [1.82, 2.24) is 9.80 Å². The SMILES string of the molecule is CCN1CCN(CC(O)COc2ccccc2)CC1. The van der Waals surface area contributed by atoms with Crippen molar-refractivity contribution >= 4 is 0 Å². The molecule has 1 aliphatic rings. The molecular formula is C15H24N2O2. The summed E-state index contributed by atoms with van der Waals surface area (Å²) < 4.78 is 5.56. The van der Waals surface area contributed by atoms with E-state index < -0.39 is 6.10 Å². The number of piperazine rings is 1. The highest BCUT2D eigenvalue weighted by Crippen LogP contribution is 2.09. The van der Waals surface area contributed by atoms with Crippen LogP contribution in [0.4, 0.5) is 0 Å². The van der Waals surface area contributed by atoms with Crippen LogP contribution in [-0.4, -0.2) is 66.9 Å². The van der Waals surface area contributed by atoms with Gasteiger partial charge in [-0.3, -0.25) is 4.90 Å². The molecule has 1 atom stereocenters. The molecule has 2 rings (SSSR count). The van der Waals surface area contributed by atoms with E-state index in [2.05, 4.69) is 16.7 Å². The van der Waals surface area contributed by atoms with Crippen molar-refractivity contribution in [2.24, 2.45) is 0 Å². The standard InChI is InChI=1S/C15H24N2O2/c1-2-16-8-10-17(11-9-16)12-14(18)13-19-15-6-4-3-5-7-15/h3-7,14,18H,2,8-13H2,1H3. The zero-order valence-corrected chi connectivity index (χ0v) is 11.7. The average Bonchev–Trinajstić information content (AvgIpc) is 2.47. The van der Waals surface area contributed by atoms with Crippen LogP contribution in [0.3, 0.4) is 0 Å². The maximum Gasteiger partial charge on any atom is 0.119 e. The highest BCUT2D eigenvalue weighted by atomic mass is 16.5. The molecule has 0 radical (unpaired) electrons. The number of rotatable bonds is 6. The lowest BCUT2D eigenvalue weighted by Gasteiger charge is -2.34. The monoisotopic (exact) mass is 264 g/mol. The molecule has 1 aromatic carbocycles. The van der Waals surface area contributed by atoms with Crippen molar-refractivity contribution in [2.75, 3.05) is 45.9 Å². The fraction of sp³-hybridized carbons (Fsp3) is 0.600. The molecule has 1 saturated heterocycles. The van der Waals surface area contributed by atoms with Gasteiger partial charge in [0.05, 0.1) is 0 Å². The molecule has 1 heterocycles. The van der Waals surface area contributed by atoms with Crippen molar-refractivity contribution in [1.29, 1.82) is 0 Å². The summed E-state index contributed by atoms with van der Waals surface area (Å²) in [6.07, 6.45) is -0.423. The average molecular weight is 264 g/mol. The highest BCUT2D eigenvalue weighted by molar-refractivity contribution is 5.20. The number of aliphatic hydroxyl groups excluding tert-OH is 1. The summed E-state index contributed by atoms with van der Waals surface area (Å²) in [5.74, 6) is 0.817. The fourth-order valence-electron chi connectivity index (χ4n) is 2.35. The smallest absolute Gasteiger partial charge is 0.119 e. The second-order valence-corrected chi connectivity index (χ2v) is 5.01. The van der Waals surface area contributed by atoms with Crippen LogP contribution >= 0.6 is 0 Å². The van der Waals surface area contributed by atoms with Gasteiger partial charge in [-0.2, -0.15) is 0 Å². The Bertz CT molecular complexity index is 350. The van der Waals surface area contributed by atoms with Gasteiger partial charge in [0, 0.05) is 32.7 Å². The summed E-state index contributed by atoms with van der Waals surface area (Å²) in [7, 11) is 0. The molecule has 1 N–H and O–H groups in total. The van der Waals surface area contributed by atoms with Crippen molar-refractivity contribution in [3.05, 3.63) is 30.3 Å². The molecular weight excluding hydrogens is 240 g/mol. The van der Waals surface area contributed by atoms with Gasteiger partial charge in [-0.25, -0.2) is 0 Å². The lowest BCUT2D eigenvalue weighted by molar-refractivity contribution is 0.0471. The van der Waals surface area contributed by atoms with Gasteiger partial charge in [-0.1, -0.05) is 25.1 Å². The number of nitrogens with zero attached hydrogens (tertiary/aromatic N) is 2. The van der Waals surface area contributed by atoms with Gasteiger partial charge in [0.1, 0.15) is 18.5 Å². The van der Waals surface area contributed by atoms with Crippen LogP contribution in [0.15, 0.2) is 30.3 Å². The molecule has 106 valence electrons. The van der Waals surface area contributed by atoms with Crippen LogP contribution < -0.4 is 4.74 Å². The van der Waals surface area contributed by atoms with E-state index in [4.69, 9.17) is 4.74 Å². The van der Waals surface area contributed by atoms with Crippen LogP contribution in [0.25, 0.3) is 0 Å².